The van der Waals surface area contributed by atoms with E-state index in [1.165, 1.54) is 5.56 Å². The van der Waals surface area contributed by atoms with E-state index in [0.29, 0.717) is 17.3 Å². The number of ether oxygens (including phenoxy) is 1. The van der Waals surface area contributed by atoms with Crippen LogP contribution in [0.4, 0.5) is 5.69 Å². The second kappa shape index (κ2) is 8.88. The van der Waals surface area contributed by atoms with Gasteiger partial charge in [-0.25, -0.2) is 4.98 Å². The zero-order valence-electron chi connectivity index (χ0n) is 17.8. The smallest absolute Gasteiger partial charge is 0.262 e. The first-order chi connectivity index (χ1) is 15.0. The first-order valence-corrected chi connectivity index (χ1v) is 10.1. The minimum absolute atomic E-state index is 0.0518. The van der Waals surface area contributed by atoms with Crippen molar-refractivity contribution in [2.24, 2.45) is 0 Å². The number of carbonyl (C=O) groups excluding carboxylic acids is 1. The SMILES string of the molecule is Cc1ccc(OCC(=O)Nc2ccc(-c3nc(-c4ccc(C)cc4C)co3)cc2)cc1. The summed E-state index contributed by atoms with van der Waals surface area (Å²) in [5, 5.41) is 2.83. The molecule has 0 aliphatic rings. The Bertz CT molecular complexity index is 1190. The number of hydrogen-bond acceptors (Lipinski definition) is 4. The van der Waals surface area contributed by atoms with Gasteiger partial charge in [-0.2, -0.15) is 0 Å². The molecule has 0 saturated carbocycles. The number of carbonyl (C=O) groups is 1. The van der Waals surface area contributed by atoms with E-state index < -0.39 is 0 Å². The third-order valence-electron chi connectivity index (χ3n) is 4.97. The third-order valence-corrected chi connectivity index (χ3v) is 4.97. The van der Waals surface area contributed by atoms with Crippen LogP contribution < -0.4 is 10.1 Å². The van der Waals surface area contributed by atoms with Crippen LogP contribution in [0.2, 0.25) is 0 Å². The molecule has 4 aromatic rings. The van der Waals surface area contributed by atoms with Crippen molar-refractivity contribution >= 4 is 11.6 Å². The fourth-order valence-electron chi connectivity index (χ4n) is 3.31. The van der Waals surface area contributed by atoms with Crippen molar-refractivity contribution in [1.29, 1.82) is 0 Å². The van der Waals surface area contributed by atoms with Gasteiger partial charge in [0.05, 0.1) is 0 Å². The van der Waals surface area contributed by atoms with E-state index in [1.54, 1.807) is 6.26 Å². The second-order valence-electron chi connectivity index (χ2n) is 7.58. The number of benzene rings is 3. The highest BCUT2D eigenvalue weighted by Gasteiger charge is 2.11. The number of aryl methyl sites for hydroxylation is 3. The Labute approximate surface area is 181 Å². The maximum atomic E-state index is 12.2. The van der Waals surface area contributed by atoms with Crippen molar-refractivity contribution < 1.29 is 13.9 Å². The summed E-state index contributed by atoms with van der Waals surface area (Å²) >= 11 is 0. The number of amides is 1. The molecule has 3 aromatic carbocycles. The lowest BCUT2D eigenvalue weighted by molar-refractivity contribution is -0.118. The van der Waals surface area contributed by atoms with Gasteiger partial charge in [-0.05, 0) is 62.7 Å². The van der Waals surface area contributed by atoms with Crippen molar-refractivity contribution in [3.05, 3.63) is 89.7 Å². The number of aromatic nitrogens is 1. The van der Waals surface area contributed by atoms with E-state index in [0.717, 1.165) is 27.9 Å². The number of rotatable bonds is 6. The third kappa shape index (κ3) is 5.01. The van der Waals surface area contributed by atoms with Crippen LogP contribution in [0.1, 0.15) is 16.7 Å². The number of oxazole rings is 1. The van der Waals surface area contributed by atoms with Crippen molar-refractivity contribution in [3.63, 3.8) is 0 Å². The Balaban J connectivity index is 1.38. The van der Waals surface area contributed by atoms with E-state index in [2.05, 4.69) is 42.3 Å². The fourth-order valence-corrected chi connectivity index (χ4v) is 3.31. The maximum absolute atomic E-state index is 12.2. The van der Waals surface area contributed by atoms with Crippen LogP contribution in [-0.2, 0) is 4.79 Å². The Hall–Kier alpha value is -3.86. The van der Waals surface area contributed by atoms with Gasteiger partial charge < -0.3 is 14.5 Å². The normalized spacial score (nSPS) is 10.7. The Kier molecular flexibility index (Phi) is 5.85. The van der Waals surface area contributed by atoms with Crippen LogP contribution in [-0.4, -0.2) is 17.5 Å². The summed E-state index contributed by atoms with van der Waals surface area (Å²) < 4.78 is 11.2. The van der Waals surface area contributed by atoms with Crippen molar-refractivity contribution in [1.82, 2.24) is 4.98 Å². The van der Waals surface area contributed by atoms with E-state index in [9.17, 15) is 4.79 Å². The van der Waals surface area contributed by atoms with Crippen LogP contribution in [0.5, 0.6) is 5.75 Å². The molecule has 0 spiro atoms. The van der Waals surface area contributed by atoms with Crippen LogP contribution in [0.3, 0.4) is 0 Å². The second-order valence-corrected chi connectivity index (χ2v) is 7.58. The lowest BCUT2D eigenvalue weighted by Gasteiger charge is -2.08. The monoisotopic (exact) mass is 412 g/mol. The topological polar surface area (TPSA) is 64.4 Å². The van der Waals surface area contributed by atoms with Gasteiger partial charge in [-0.15, -0.1) is 0 Å². The van der Waals surface area contributed by atoms with Gasteiger partial charge in [-0.1, -0.05) is 41.5 Å². The van der Waals surface area contributed by atoms with Gasteiger partial charge in [0.1, 0.15) is 17.7 Å². The molecule has 0 unspecified atom stereocenters. The largest absolute Gasteiger partial charge is 0.484 e. The van der Waals surface area contributed by atoms with E-state index in [-0.39, 0.29) is 12.5 Å². The maximum Gasteiger partial charge on any atom is 0.262 e. The number of hydrogen-bond donors (Lipinski definition) is 1. The summed E-state index contributed by atoms with van der Waals surface area (Å²) in [7, 11) is 0. The summed E-state index contributed by atoms with van der Waals surface area (Å²) in [4.78, 5) is 16.8. The molecule has 1 N–H and O–H groups in total. The van der Waals surface area contributed by atoms with E-state index in [1.807, 2.05) is 55.5 Å². The minimum atomic E-state index is -0.221. The van der Waals surface area contributed by atoms with E-state index >= 15 is 0 Å². The molecule has 0 bridgehead atoms. The first kappa shape index (κ1) is 20.4. The Morgan fingerprint density at radius 2 is 1.65 bits per heavy atom. The number of nitrogens with one attached hydrogen (secondary N) is 1. The molecule has 0 radical (unpaired) electrons. The molecule has 156 valence electrons. The molecule has 0 fully saturated rings. The summed E-state index contributed by atoms with van der Waals surface area (Å²) in [5.41, 5.74) is 6.89. The molecule has 1 aromatic heterocycles. The fraction of sp³-hybridized carbons (Fsp3) is 0.154. The Morgan fingerprint density at radius 1 is 0.935 bits per heavy atom. The molecule has 0 saturated heterocycles. The lowest BCUT2D eigenvalue weighted by atomic mass is 10.0. The summed E-state index contributed by atoms with van der Waals surface area (Å²) in [6, 6.07) is 21.2. The molecule has 31 heavy (non-hydrogen) atoms. The van der Waals surface area contributed by atoms with Crippen molar-refractivity contribution in [2.45, 2.75) is 20.8 Å². The highest BCUT2D eigenvalue weighted by atomic mass is 16.5. The number of anilines is 1. The average molecular weight is 412 g/mol. The highest BCUT2D eigenvalue weighted by Crippen LogP contribution is 2.28. The van der Waals surface area contributed by atoms with Crippen LogP contribution >= 0.6 is 0 Å². The lowest BCUT2D eigenvalue weighted by Crippen LogP contribution is -2.20. The summed E-state index contributed by atoms with van der Waals surface area (Å²) in [6.07, 6.45) is 1.67. The standard InChI is InChI=1S/C26H24N2O3/c1-17-4-11-22(12-5-17)30-16-25(29)27-21-9-7-20(8-10-21)26-28-24(15-31-26)23-13-6-18(2)14-19(23)3/h4-15H,16H2,1-3H3,(H,27,29). The molecule has 0 aliphatic heterocycles. The van der Waals surface area contributed by atoms with Crippen LogP contribution in [0.15, 0.2) is 77.4 Å². The summed E-state index contributed by atoms with van der Waals surface area (Å²) in [6.45, 7) is 6.09. The molecular formula is C26H24N2O3. The molecule has 5 heteroatoms. The van der Waals surface area contributed by atoms with Crippen LogP contribution in [0.25, 0.3) is 22.7 Å². The van der Waals surface area contributed by atoms with E-state index in [4.69, 9.17) is 9.15 Å². The molecule has 4 rings (SSSR count). The molecule has 1 amide bonds. The zero-order chi connectivity index (χ0) is 21.8. The van der Waals surface area contributed by atoms with Gasteiger partial charge >= 0.3 is 0 Å². The molecular weight excluding hydrogens is 388 g/mol. The molecule has 0 aliphatic carbocycles. The highest BCUT2D eigenvalue weighted by molar-refractivity contribution is 5.92. The quantitative estimate of drug-likeness (QED) is 0.425. The predicted molar refractivity (Wildman–Crippen MR) is 122 cm³/mol. The van der Waals surface area contributed by atoms with Gasteiger partial charge in [0.25, 0.3) is 5.91 Å². The molecule has 5 nitrogen and oxygen atoms in total. The molecule has 0 atom stereocenters. The Morgan fingerprint density at radius 3 is 2.35 bits per heavy atom. The van der Waals surface area contributed by atoms with Crippen LogP contribution in [0, 0.1) is 20.8 Å². The average Bonchev–Trinajstić information content (AvgIpc) is 3.24. The van der Waals surface area contributed by atoms with Gasteiger partial charge in [0.15, 0.2) is 6.61 Å². The minimum Gasteiger partial charge on any atom is -0.484 e. The number of nitrogens with zero attached hydrogens (tertiary/aromatic N) is 1. The molecule has 1 heterocycles. The zero-order valence-corrected chi connectivity index (χ0v) is 17.8. The van der Waals surface area contributed by atoms with Crippen molar-refractivity contribution in [2.75, 3.05) is 11.9 Å². The summed E-state index contributed by atoms with van der Waals surface area (Å²) in [5.74, 6) is 0.983. The van der Waals surface area contributed by atoms with Crippen molar-refractivity contribution in [3.8, 4) is 28.5 Å². The predicted octanol–water partition coefficient (Wildman–Crippen LogP) is 5.95. The first-order valence-electron chi connectivity index (χ1n) is 10.1. The van der Waals surface area contributed by atoms with Gasteiger partial charge in [0.2, 0.25) is 5.89 Å². The van der Waals surface area contributed by atoms with Gasteiger partial charge in [0, 0.05) is 16.8 Å². The van der Waals surface area contributed by atoms with Gasteiger partial charge in [-0.3, -0.25) is 4.79 Å².